The van der Waals surface area contributed by atoms with Gasteiger partial charge < -0.3 is 19.7 Å². The van der Waals surface area contributed by atoms with Crippen LogP contribution in [0.2, 0.25) is 0 Å². The third-order valence-corrected chi connectivity index (χ3v) is 4.75. The maximum absolute atomic E-state index is 12.5. The molecule has 1 amide bonds. The fourth-order valence-electron chi connectivity index (χ4n) is 3.54. The molecule has 22 heavy (non-hydrogen) atoms. The predicted octanol–water partition coefficient (Wildman–Crippen LogP) is 1.57. The zero-order chi connectivity index (χ0) is 15.4. The Kier molecular flexibility index (Phi) is 4.64. The normalized spacial score (nSPS) is 26.0. The third-order valence-electron chi connectivity index (χ3n) is 4.75. The number of morpholine rings is 1. The van der Waals surface area contributed by atoms with E-state index in [1.165, 1.54) is 0 Å². The van der Waals surface area contributed by atoms with Gasteiger partial charge in [-0.25, -0.2) is 0 Å². The second kappa shape index (κ2) is 6.67. The molecule has 5 heteroatoms. The molecule has 0 bridgehead atoms. The van der Waals surface area contributed by atoms with Crippen molar-refractivity contribution in [1.29, 1.82) is 0 Å². The van der Waals surface area contributed by atoms with Gasteiger partial charge in [0.1, 0.15) is 12.4 Å². The maximum atomic E-state index is 12.5. The van der Waals surface area contributed by atoms with Crippen molar-refractivity contribution in [2.75, 3.05) is 33.4 Å². The Labute approximate surface area is 131 Å². The minimum atomic E-state index is -0.181. The molecule has 2 saturated heterocycles. The van der Waals surface area contributed by atoms with Gasteiger partial charge in [-0.2, -0.15) is 0 Å². The third kappa shape index (κ3) is 2.96. The lowest BCUT2D eigenvalue weighted by atomic mass is 9.87. The summed E-state index contributed by atoms with van der Waals surface area (Å²) >= 11 is 0. The highest BCUT2D eigenvalue weighted by Crippen LogP contribution is 2.33. The first-order chi connectivity index (χ1) is 10.7. The van der Waals surface area contributed by atoms with Gasteiger partial charge in [0.2, 0.25) is 5.91 Å². The van der Waals surface area contributed by atoms with E-state index in [-0.39, 0.29) is 18.1 Å². The van der Waals surface area contributed by atoms with E-state index in [1.807, 2.05) is 29.2 Å². The summed E-state index contributed by atoms with van der Waals surface area (Å²) in [6.45, 7) is 3.35. The molecule has 2 aliphatic heterocycles. The van der Waals surface area contributed by atoms with Crippen molar-refractivity contribution in [2.45, 2.75) is 31.3 Å². The minimum absolute atomic E-state index is 0.0825. The van der Waals surface area contributed by atoms with Crippen LogP contribution in [0.1, 0.15) is 24.8 Å². The molecule has 0 aliphatic carbocycles. The highest BCUT2D eigenvalue weighted by atomic mass is 16.5. The fraction of sp³-hybridized carbons (Fsp3) is 0.588. The first-order valence-corrected chi connectivity index (χ1v) is 7.96. The van der Waals surface area contributed by atoms with Gasteiger partial charge >= 0.3 is 0 Å². The molecular weight excluding hydrogens is 280 g/mol. The van der Waals surface area contributed by atoms with Crippen LogP contribution in [0.15, 0.2) is 24.3 Å². The summed E-state index contributed by atoms with van der Waals surface area (Å²) in [6, 6.07) is 7.92. The van der Waals surface area contributed by atoms with E-state index < -0.39 is 0 Å². The molecule has 5 nitrogen and oxygen atoms in total. The van der Waals surface area contributed by atoms with Crippen LogP contribution in [0.5, 0.6) is 5.75 Å². The van der Waals surface area contributed by atoms with Crippen molar-refractivity contribution in [2.24, 2.45) is 0 Å². The topological polar surface area (TPSA) is 50.8 Å². The summed E-state index contributed by atoms with van der Waals surface area (Å²) in [4.78, 5) is 14.6. The average Bonchev–Trinajstić information content (AvgIpc) is 2.78. The van der Waals surface area contributed by atoms with Crippen LogP contribution in [-0.4, -0.2) is 49.8 Å². The van der Waals surface area contributed by atoms with Crippen molar-refractivity contribution in [3.05, 3.63) is 29.8 Å². The zero-order valence-corrected chi connectivity index (χ0v) is 13.1. The van der Waals surface area contributed by atoms with E-state index in [1.54, 1.807) is 7.11 Å². The van der Waals surface area contributed by atoms with Crippen LogP contribution < -0.4 is 10.1 Å². The van der Waals surface area contributed by atoms with Crippen molar-refractivity contribution in [1.82, 2.24) is 10.2 Å². The minimum Gasteiger partial charge on any atom is -0.496 e. The Hall–Kier alpha value is -1.59. The van der Waals surface area contributed by atoms with E-state index in [0.717, 1.165) is 43.7 Å². The number of rotatable bonds is 3. The van der Waals surface area contributed by atoms with Gasteiger partial charge in [0.05, 0.1) is 25.8 Å². The molecule has 3 rings (SSSR count). The average molecular weight is 304 g/mol. The predicted molar refractivity (Wildman–Crippen MR) is 83.8 cm³/mol. The Morgan fingerprint density at radius 3 is 3.05 bits per heavy atom. The summed E-state index contributed by atoms with van der Waals surface area (Å²) in [5, 5.41) is 3.42. The zero-order valence-electron chi connectivity index (χ0n) is 13.1. The number of benzene rings is 1. The van der Waals surface area contributed by atoms with Crippen LogP contribution >= 0.6 is 0 Å². The van der Waals surface area contributed by atoms with Gasteiger partial charge in [-0.1, -0.05) is 18.2 Å². The highest BCUT2D eigenvalue weighted by Gasteiger charge is 2.43. The molecule has 0 saturated carbocycles. The summed E-state index contributed by atoms with van der Waals surface area (Å²) < 4.78 is 11.0. The lowest BCUT2D eigenvalue weighted by Crippen LogP contribution is -2.59. The number of carbonyl (C=O) groups is 1. The van der Waals surface area contributed by atoms with Crippen molar-refractivity contribution >= 4 is 5.91 Å². The Morgan fingerprint density at radius 1 is 1.32 bits per heavy atom. The van der Waals surface area contributed by atoms with Crippen LogP contribution in [0.25, 0.3) is 0 Å². The van der Waals surface area contributed by atoms with E-state index in [2.05, 4.69) is 5.32 Å². The number of methoxy groups -OCH3 is 1. The molecule has 2 aliphatic rings. The van der Waals surface area contributed by atoms with Crippen LogP contribution in [0.4, 0.5) is 0 Å². The van der Waals surface area contributed by atoms with Gasteiger partial charge in [0.25, 0.3) is 0 Å². The molecule has 1 spiro atoms. The Morgan fingerprint density at radius 2 is 2.18 bits per heavy atom. The van der Waals surface area contributed by atoms with Gasteiger partial charge in [-0.05, 0) is 38.4 Å². The summed E-state index contributed by atoms with van der Waals surface area (Å²) in [5.41, 5.74) is 0.872. The molecule has 120 valence electrons. The van der Waals surface area contributed by atoms with Gasteiger partial charge in [-0.15, -0.1) is 0 Å². The summed E-state index contributed by atoms with van der Waals surface area (Å²) in [6.07, 6.45) is 2.99. The maximum Gasteiger partial charge on any atom is 0.249 e. The van der Waals surface area contributed by atoms with E-state index in [4.69, 9.17) is 9.47 Å². The second-order valence-electron chi connectivity index (χ2n) is 6.11. The van der Waals surface area contributed by atoms with Crippen molar-refractivity contribution < 1.29 is 14.3 Å². The fourth-order valence-corrected chi connectivity index (χ4v) is 3.54. The SMILES string of the molecule is COc1ccccc1CN1C(=O)COCC12CCCNCC2. The molecule has 0 aromatic heterocycles. The Balaban J connectivity index is 1.88. The largest absolute Gasteiger partial charge is 0.496 e. The molecule has 1 unspecified atom stereocenters. The number of hydrogen-bond acceptors (Lipinski definition) is 4. The molecule has 1 aromatic rings. The number of carbonyl (C=O) groups excluding carboxylic acids is 1. The Bertz CT molecular complexity index is 524. The first-order valence-electron chi connectivity index (χ1n) is 7.96. The quantitative estimate of drug-likeness (QED) is 0.921. The number of nitrogens with zero attached hydrogens (tertiary/aromatic N) is 1. The van der Waals surface area contributed by atoms with Gasteiger partial charge in [0, 0.05) is 5.56 Å². The van der Waals surface area contributed by atoms with E-state index >= 15 is 0 Å². The molecule has 1 N–H and O–H groups in total. The molecule has 1 atom stereocenters. The number of para-hydroxylation sites is 1. The van der Waals surface area contributed by atoms with Crippen LogP contribution in [0.3, 0.4) is 0 Å². The van der Waals surface area contributed by atoms with Crippen LogP contribution in [0, 0.1) is 0 Å². The standard InChI is InChI=1S/C17H24N2O3/c1-21-15-6-3-2-5-14(15)11-19-16(20)12-22-13-17(19)7-4-9-18-10-8-17/h2-3,5-6,18H,4,7-13H2,1H3. The van der Waals surface area contributed by atoms with Crippen molar-refractivity contribution in [3.8, 4) is 5.75 Å². The number of nitrogens with one attached hydrogen (secondary N) is 1. The summed E-state index contributed by atoms with van der Waals surface area (Å²) in [5.74, 6) is 0.919. The number of amides is 1. The highest BCUT2D eigenvalue weighted by molar-refractivity contribution is 5.79. The number of ether oxygens (including phenoxy) is 2. The molecular formula is C17H24N2O3. The van der Waals surface area contributed by atoms with Crippen LogP contribution in [-0.2, 0) is 16.1 Å². The molecule has 2 fully saturated rings. The monoisotopic (exact) mass is 304 g/mol. The molecule has 2 heterocycles. The lowest BCUT2D eigenvalue weighted by Gasteiger charge is -2.46. The smallest absolute Gasteiger partial charge is 0.249 e. The van der Waals surface area contributed by atoms with E-state index in [0.29, 0.717) is 13.2 Å². The first kappa shape index (κ1) is 15.3. The van der Waals surface area contributed by atoms with Gasteiger partial charge in [-0.3, -0.25) is 4.79 Å². The van der Waals surface area contributed by atoms with Crippen molar-refractivity contribution in [3.63, 3.8) is 0 Å². The number of hydrogen-bond donors (Lipinski definition) is 1. The lowest BCUT2D eigenvalue weighted by molar-refractivity contribution is -0.160. The second-order valence-corrected chi connectivity index (χ2v) is 6.11. The van der Waals surface area contributed by atoms with E-state index in [9.17, 15) is 4.79 Å². The molecule has 1 aromatic carbocycles. The van der Waals surface area contributed by atoms with Gasteiger partial charge in [0.15, 0.2) is 0 Å². The molecule has 0 radical (unpaired) electrons. The summed E-state index contributed by atoms with van der Waals surface area (Å²) in [7, 11) is 1.67.